The third-order valence-corrected chi connectivity index (χ3v) is 1.40. The minimum absolute atomic E-state index is 0.113. The van der Waals surface area contributed by atoms with Gasteiger partial charge < -0.3 is 15.2 Å². The van der Waals surface area contributed by atoms with E-state index in [4.69, 9.17) is 5.11 Å². The molecule has 0 aromatic rings. The van der Waals surface area contributed by atoms with Gasteiger partial charge >= 0.3 is 0 Å². The minimum Gasteiger partial charge on any atom is -0.386 e. The van der Waals surface area contributed by atoms with E-state index in [9.17, 15) is 9.59 Å². The molecule has 2 N–H and O–H groups in total. The zero-order valence-electron chi connectivity index (χ0n) is 7.25. The molecule has 0 saturated heterocycles. The normalized spacial score (nSPS) is 12.2. The number of nitrogens with one attached hydrogen (secondary N) is 1. The zero-order valence-corrected chi connectivity index (χ0v) is 7.25. The van der Waals surface area contributed by atoms with E-state index in [-0.39, 0.29) is 18.7 Å². The lowest BCUT2D eigenvalue weighted by atomic mass is 10.2. The van der Waals surface area contributed by atoms with Crippen LogP contribution in [0.4, 0.5) is 0 Å². The molecule has 0 aliphatic carbocycles. The molecular formula is C8H15NO3. The quantitative estimate of drug-likeness (QED) is 0.549. The van der Waals surface area contributed by atoms with E-state index in [1.165, 1.54) is 0 Å². The molecule has 0 radical (unpaired) electrons. The largest absolute Gasteiger partial charge is 0.386 e. The van der Waals surface area contributed by atoms with Crippen LogP contribution in [-0.2, 0) is 9.59 Å². The summed E-state index contributed by atoms with van der Waals surface area (Å²) in [5.74, 6) is -0.113. The van der Waals surface area contributed by atoms with Crippen molar-refractivity contribution >= 4 is 12.2 Å². The van der Waals surface area contributed by atoms with Gasteiger partial charge in [0.05, 0.1) is 0 Å². The van der Waals surface area contributed by atoms with Gasteiger partial charge in [0.2, 0.25) is 5.91 Å². The smallest absolute Gasteiger partial charge is 0.220 e. The molecule has 4 heteroatoms. The molecule has 0 fully saturated rings. The first kappa shape index (κ1) is 11.1. The van der Waals surface area contributed by atoms with Crippen molar-refractivity contribution in [3.8, 4) is 0 Å². The van der Waals surface area contributed by atoms with E-state index in [0.29, 0.717) is 12.8 Å². The highest BCUT2D eigenvalue weighted by Gasteiger charge is 2.05. The molecule has 1 unspecified atom stereocenters. The van der Waals surface area contributed by atoms with Crippen LogP contribution in [0.1, 0.15) is 26.2 Å². The first-order chi connectivity index (χ1) is 5.70. The van der Waals surface area contributed by atoms with Crippen molar-refractivity contribution in [2.24, 2.45) is 0 Å². The number of aliphatic hydroxyl groups excluding tert-OH is 1. The summed E-state index contributed by atoms with van der Waals surface area (Å²) >= 11 is 0. The van der Waals surface area contributed by atoms with Gasteiger partial charge in [0.1, 0.15) is 12.4 Å². The molecule has 0 aliphatic rings. The van der Waals surface area contributed by atoms with Crippen LogP contribution in [0.5, 0.6) is 0 Å². The first-order valence-corrected chi connectivity index (χ1v) is 4.10. The van der Waals surface area contributed by atoms with Crippen LogP contribution >= 0.6 is 0 Å². The topological polar surface area (TPSA) is 66.4 Å². The fourth-order valence-electron chi connectivity index (χ4n) is 0.700. The average Bonchev–Trinajstić information content (AvgIpc) is 2.10. The summed E-state index contributed by atoms with van der Waals surface area (Å²) in [7, 11) is 0. The standard InChI is InChI=1S/C8H15NO3/c1-2-5-9-8(12)4-3-7(11)6-10/h6-7,11H,2-5H2,1H3,(H,9,12). The highest BCUT2D eigenvalue weighted by molar-refractivity contribution is 5.76. The van der Waals surface area contributed by atoms with Crippen molar-refractivity contribution < 1.29 is 14.7 Å². The molecule has 0 rings (SSSR count). The van der Waals surface area contributed by atoms with Gasteiger partial charge in [-0.1, -0.05) is 6.92 Å². The summed E-state index contributed by atoms with van der Waals surface area (Å²) in [5.41, 5.74) is 0. The van der Waals surface area contributed by atoms with E-state index >= 15 is 0 Å². The maximum absolute atomic E-state index is 10.9. The van der Waals surface area contributed by atoms with Gasteiger partial charge in [0, 0.05) is 13.0 Å². The fourth-order valence-corrected chi connectivity index (χ4v) is 0.700. The predicted octanol–water partition coefficient (Wildman–Crippen LogP) is -0.147. The minimum atomic E-state index is -1.00. The van der Waals surface area contributed by atoms with Crippen molar-refractivity contribution in [2.45, 2.75) is 32.3 Å². The molecule has 70 valence electrons. The molecule has 0 aromatic heterocycles. The van der Waals surface area contributed by atoms with E-state index in [1.807, 2.05) is 6.92 Å². The van der Waals surface area contributed by atoms with E-state index < -0.39 is 6.10 Å². The van der Waals surface area contributed by atoms with Crippen LogP contribution in [0.25, 0.3) is 0 Å². The molecule has 1 atom stereocenters. The van der Waals surface area contributed by atoms with Gasteiger partial charge in [-0.15, -0.1) is 0 Å². The second kappa shape index (κ2) is 6.79. The summed E-state index contributed by atoms with van der Waals surface area (Å²) in [4.78, 5) is 20.8. The van der Waals surface area contributed by atoms with E-state index in [1.54, 1.807) is 0 Å². The van der Waals surface area contributed by atoms with Crippen molar-refractivity contribution in [3.63, 3.8) is 0 Å². The summed E-state index contributed by atoms with van der Waals surface area (Å²) in [5, 5.41) is 11.4. The number of hydrogen-bond donors (Lipinski definition) is 2. The van der Waals surface area contributed by atoms with Crippen molar-refractivity contribution in [2.75, 3.05) is 6.54 Å². The summed E-state index contributed by atoms with van der Waals surface area (Å²) in [6.45, 7) is 2.61. The molecule has 0 bridgehead atoms. The predicted molar refractivity (Wildman–Crippen MR) is 44.6 cm³/mol. The molecule has 0 spiro atoms. The fraction of sp³-hybridized carbons (Fsp3) is 0.750. The molecule has 12 heavy (non-hydrogen) atoms. The van der Waals surface area contributed by atoms with Crippen LogP contribution in [0.3, 0.4) is 0 Å². The van der Waals surface area contributed by atoms with Gasteiger partial charge in [-0.25, -0.2) is 0 Å². The second-order valence-electron chi connectivity index (χ2n) is 2.59. The lowest BCUT2D eigenvalue weighted by molar-refractivity contribution is -0.122. The third-order valence-electron chi connectivity index (χ3n) is 1.40. The van der Waals surface area contributed by atoms with Crippen LogP contribution in [-0.4, -0.2) is 29.9 Å². The molecular weight excluding hydrogens is 158 g/mol. The van der Waals surface area contributed by atoms with Crippen LogP contribution in [0, 0.1) is 0 Å². The van der Waals surface area contributed by atoms with Gasteiger partial charge in [0.25, 0.3) is 0 Å². The van der Waals surface area contributed by atoms with Gasteiger partial charge in [0.15, 0.2) is 0 Å². The lowest BCUT2D eigenvalue weighted by Crippen LogP contribution is -2.25. The number of aliphatic hydroxyl groups is 1. The molecule has 0 saturated carbocycles. The number of amides is 1. The maximum Gasteiger partial charge on any atom is 0.220 e. The Morgan fingerprint density at radius 1 is 1.67 bits per heavy atom. The Bertz CT molecular complexity index is 147. The van der Waals surface area contributed by atoms with E-state index in [2.05, 4.69) is 5.32 Å². The molecule has 0 aromatic carbocycles. The number of hydrogen-bond acceptors (Lipinski definition) is 3. The molecule has 1 amide bonds. The number of rotatable bonds is 6. The summed E-state index contributed by atoms with van der Waals surface area (Å²) in [6, 6.07) is 0. The van der Waals surface area contributed by atoms with E-state index in [0.717, 1.165) is 6.42 Å². The number of carbonyl (C=O) groups is 2. The zero-order chi connectivity index (χ0) is 9.40. The highest BCUT2D eigenvalue weighted by Crippen LogP contribution is 1.93. The monoisotopic (exact) mass is 173 g/mol. The Balaban J connectivity index is 3.36. The van der Waals surface area contributed by atoms with Crippen molar-refractivity contribution in [1.82, 2.24) is 5.32 Å². The van der Waals surface area contributed by atoms with Gasteiger partial charge in [-0.3, -0.25) is 4.79 Å². The Hall–Kier alpha value is -0.900. The number of aldehydes is 1. The first-order valence-electron chi connectivity index (χ1n) is 4.10. The molecule has 0 aliphatic heterocycles. The van der Waals surface area contributed by atoms with Crippen LogP contribution < -0.4 is 5.32 Å². The SMILES string of the molecule is CCCNC(=O)CCC(O)C=O. The van der Waals surface area contributed by atoms with Crippen molar-refractivity contribution in [3.05, 3.63) is 0 Å². The molecule has 4 nitrogen and oxygen atoms in total. The Labute approximate surface area is 72.0 Å². The third kappa shape index (κ3) is 5.85. The van der Waals surface area contributed by atoms with Crippen LogP contribution in [0.15, 0.2) is 0 Å². The Kier molecular flexibility index (Phi) is 6.28. The number of carbonyl (C=O) groups excluding carboxylic acids is 2. The average molecular weight is 173 g/mol. The van der Waals surface area contributed by atoms with Gasteiger partial charge in [-0.2, -0.15) is 0 Å². The second-order valence-corrected chi connectivity index (χ2v) is 2.59. The molecule has 0 heterocycles. The van der Waals surface area contributed by atoms with Crippen molar-refractivity contribution in [1.29, 1.82) is 0 Å². The van der Waals surface area contributed by atoms with Crippen LogP contribution in [0.2, 0.25) is 0 Å². The highest BCUT2D eigenvalue weighted by atomic mass is 16.3. The van der Waals surface area contributed by atoms with Gasteiger partial charge in [-0.05, 0) is 12.8 Å². The maximum atomic E-state index is 10.9. The summed E-state index contributed by atoms with van der Waals surface area (Å²) < 4.78 is 0. The summed E-state index contributed by atoms with van der Waals surface area (Å²) in [6.07, 6.45) is 0.742. The Morgan fingerprint density at radius 3 is 2.83 bits per heavy atom. The lowest BCUT2D eigenvalue weighted by Gasteiger charge is -2.03. The Morgan fingerprint density at radius 2 is 2.33 bits per heavy atom.